The van der Waals surface area contributed by atoms with E-state index in [1.807, 2.05) is 0 Å². The van der Waals surface area contributed by atoms with Crippen molar-refractivity contribution in [2.45, 2.75) is 32.4 Å². The average molecular weight is 338 g/mol. The Morgan fingerprint density at radius 3 is 2.20 bits per heavy atom. The SMILES string of the molecule is COc1ccc(CC[C@H](C)N2CCN(Cc3ccccc3)CC2)cc1. The van der Waals surface area contributed by atoms with Crippen LogP contribution in [0.15, 0.2) is 54.6 Å². The third-order valence-electron chi connectivity index (χ3n) is 5.29. The number of ether oxygens (including phenoxy) is 1. The maximum atomic E-state index is 5.23. The van der Waals surface area contributed by atoms with E-state index in [9.17, 15) is 0 Å². The van der Waals surface area contributed by atoms with Crippen LogP contribution in [-0.2, 0) is 13.0 Å². The lowest BCUT2D eigenvalue weighted by Gasteiger charge is -2.38. The molecule has 3 nitrogen and oxygen atoms in total. The van der Waals surface area contributed by atoms with E-state index < -0.39 is 0 Å². The summed E-state index contributed by atoms with van der Waals surface area (Å²) in [7, 11) is 1.72. The number of hydrogen-bond acceptors (Lipinski definition) is 3. The van der Waals surface area contributed by atoms with Gasteiger partial charge in [0.1, 0.15) is 5.75 Å². The van der Waals surface area contributed by atoms with Gasteiger partial charge in [-0.15, -0.1) is 0 Å². The fraction of sp³-hybridized carbons (Fsp3) is 0.455. The second kappa shape index (κ2) is 9.02. The lowest BCUT2D eigenvalue weighted by Crippen LogP contribution is -2.49. The normalized spacial score (nSPS) is 17.4. The summed E-state index contributed by atoms with van der Waals surface area (Å²) in [6.07, 6.45) is 2.35. The maximum absolute atomic E-state index is 5.23. The van der Waals surface area contributed by atoms with E-state index >= 15 is 0 Å². The molecule has 2 aromatic carbocycles. The lowest BCUT2D eigenvalue weighted by atomic mass is 10.0. The van der Waals surface area contributed by atoms with Gasteiger partial charge in [-0.05, 0) is 43.0 Å². The molecule has 3 rings (SSSR count). The molecule has 1 atom stereocenters. The largest absolute Gasteiger partial charge is 0.497 e. The quantitative estimate of drug-likeness (QED) is 0.763. The van der Waals surface area contributed by atoms with Crippen LogP contribution in [0.25, 0.3) is 0 Å². The van der Waals surface area contributed by atoms with Gasteiger partial charge in [-0.25, -0.2) is 0 Å². The zero-order valence-electron chi connectivity index (χ0n) is 15.5. The zero-order chi connectivity index (χ0) is 17.5. The fourth-order valence-electron chi connectivity index (χ4n) is 3.55. The highest BCUT2D eigenvalue weighted by molar-refractivity contribution is 5.27. The highest BCUT2D eigenvalue weighted by Gasteiger charge is 2.20. The van der Waals surface area contributed by atoms with Crippen molar-refractivity contribution in [1.29, 1.82) is 0 Å². The van der Waals surface area contributed by atoms with Gasteiger partial charge < -0.3 is 4.74 Å². The summed E-state index contributed by atoms with van der Waals surface area (Å²) in [5.41, 5.74) is 2.82. The smallest absolute Gasteiger partial charge is 0.118 e. The first-order chi connectivity index (χ1) is 12.2. The maximum Gasteiger partial charge on any atom is 0.118 e. The van der Waals surface area contributed by atoms with Crippen molar-refractivity contribution >= 4 is 0 Å². The molecule has 0 saturated carbocycles. The molecule has 0 N–H and O–H groups in total. The fourth-order valence-corrected chi connectivity index (χ4v) is 3.55. The molecule has 3 heteroatoms. The number of benzene rings is 2. The summed E-state index contributed by atoms with van der Waals surface area (Å²) in [6, 6.07) is 19.9. The Bertz CT molecular complexity index is 618. The number of rotatable bonds is 7. The highest BCUT2D eigenvalue weighted by Crippen LogP contribution is 2.16. The van der Waals surface area contributed by atoms with Gasteiger partial charge in [0.25, 0.3) is 0 Å². The van der Waals surface area contributed by atoms with Gasteiger partial charge in [0.15, 0.2) is 0 Å². The van der Waals surface area contributed by atoms with Crippen LogP contribution in [0.1, 0.15) is 24.5 Å². The number of piperazine rings is 1. The van der Waals surface area contributed by atoms with Gasteiger partial charge in [-0.1, -0.05) is 42.5 Å². The Kier molecular flexibility index (Phi) is 6.48. The van der Waals surface area contributed by atoms with Crippen molar-refractivity contribution in [2.75, 3.05) is 33.3 Å². The molecule has 0 amide bonds. The third kappa shape index (κ3) is 5.32. The minimum atomic E-state index is 0.640. The van der Waals surface area contributed by atoms with E-state index in [-0.39, 0.29) is 0 Å². The second-order valence-corrected chi connectivity index (χ2v) is 7.03. The van der Waals surface area contributed by atoms with Gasteiger partial charge >= 0.3 is 0 Å². The van der Waals surface area contributed by atoms with Crippen molar-refractivity contribution in [2.24, 2.45) is 0 Å². The first-order valence-corrected chi connectivity index (χ1v) is 9.38. The van der Waals surface area contributed by atoms with Crippen molar-refractivity contribution in [3.8, 4) is 5.75 Å². The molecule has 1 aliphatic rings. The summed E-state index contributed by atoms with van der Waals surface area (Å²) >= 11 is 0. The van der Waals surface area contributed by atoms with E-state index in [1.54, 1.807) is 7.11 Å². The molecule has 1 saturated heterocycles. The molecule has 0 radical (unpaired) electrons. The van der Waals surface area contributed by atoms with Crippen molar-refractivity contribution in [3.05, 3.63) is 65.7 Å². The van der Waals surface area contributed by atoms with Crippen LogP contribution >= 0.6 is 0 Å². The molecule has 2 aromatic rings. The Labute approximate surface area is 152 Å². The Morgan fingerprint density at radius 1 is 0.880 bits per heavy atom. The van der Waals surface area contributed by atoms with E-state index in [0.717, 1.165) is 18.7 Å². The third-order valence-corrected chi connectivity index (χ3v) is 5.29. The summed E-state index contributed by atoms with van der Waals surface area (Å²) in [5, 5.41) is 0. The Balaban J connectivity index is 1.41. The van der Waals surface area contributed by atoms with E-state index in [0.29, 0.717) is 6.04 Å². The minimum absolute atomic E-state index is 0.640. The van der Waals surface area contributed by atoms with Crippen molar-refractivity contribution in [3.63, 3.8) is 0 Å². The predicted octanol–water partition coefficient (Wildman–Crippen LogP) is 3.83. The monoisotopic (exact) mass is 338 g/mol. The van der Waals surface area contributed by atoms with Crippen LogP contribution in [0.2, 0.25) is 0 Å². The van der Waals surface area contributed by atoms with Crippen molar-refractivity contribution in [1.82, 2.24) is 9.80 Å². The van der Waals surface area contributed by atoms with Gasteiger partial charge in [0.2, 0.25) is 0 Å². The molecule has 0 unspecified atom stereocenters. The molecule has 1 heterocycles. The first kappa shape index (κ1) is 18.0. The van der Waals surface area contributed by atoms with E-state index in [4.69, 9.17) is 4.74 Å². The van der Waals surface area contributed by atoms with E-state index in [1.165, 1.54) is 43.7 Å². The molecule has 1 fully saturated rings. The average Bonchev–Trinajstić information content (AvgIpc) is 2.68. The molecule has 25 heavy (non-hydrogen) atoms. The topological polar surface area (TPSA) is 15.7 Å². The standard InChI is InChI=1S/C22H30N2O/c1-19(8-9-20-10-12-22(25-2)13-11-20)24-16-14-23(15-17-24)18-21-6-4-3-5-7-21/h3-7,10-13,19H,8-9,14-18H2,1-2H3/t19-/m0/s1. The van der Waals surface area contributed by atoms with Crippen molar-refractivity contribution < 1.29 is 4.74 Å². The number of hydrogen-bond donors (Lipinski definition) is 0. The highest BCUT2D eigenvalue weighted by atomic mass is 16.5. The Morgan fingerprint density at radius 2 is 1.56 bits per heavy atom. The number of aryl methyl sites for hydroxylation is 1. The van der Waals surface area contributed by atoms with Gasteiger partial charge in [-0.3, -0.25) is 9.80 Å². The minimum Gasteiger partial charge on any atom is -0.497 e. The lowest BCUT2D eigenvalue weighted by molar-refractivity contribution is 0.0947. The van der Waals surface area contributed by atoms with Gasteiger partial charge in [0, 0.05) is 38.8 Å². The van der Waals surface area contributed by atoms with Crippen LogP contribution in [0.3, 0.4) is 0 Å². The summed E-state index contributed by atoms with van der Waals surface area (Å²) in [6.45, 7) is 8.14. The molecule has 0 aliphatic carbocycles. The Hall–Kier alpha value is -1.84. The zero-order valence-corrected chi connectivity index (χ0v) is 15.5. The van der Waals surface area contributed by atoms with Crippen LogP contribution in [0.5, 0.6) is 5.75 Å². The molecular formula is C22H30N2O. The van der Waals surface area contributed by atoms with Crippen LogP contribution in [0, 0.1) is 0 Å². The number of methoxy groups -OCH3 is 1. The number of nitrogens with zero attached hydrogens (tertiary/aromatic N) is 2. The summed E-state index contributed by atoms with van der Waals surface area (Å²) in [5.74, 6) is 0.936. The first-order valence-electron chi connectivity index (χ1n) is 9.38. The van der Waals surface area contributed by atoms with Crippen LogP contribution < -0.4 is 4.74 Å². The van der Waals surface area contributed by atoms with E-state index in [2.05, 4.69) is 71.3 Å². The predicted molar refractivity (Wildman–Crippen MR) is 104 cm³/mol. The molecular weight excluding hydrogens is 308 g/mol. The van der Waals surface area contributed by atoms with Gasteiger partial charge in [0.05, 0.1) is 7.11 Å². The molecule has 134 valence electrons. The van der Waals surface area contributed by atoms with Crippen LogP contribution in [-0.4, -0.2) is 49.1 Å². The molecule has 0 bridgehead atoms. The van der Waals surface area contributed by atoms with Crippen LogP contribution in [0.4, 0.5) is 0 Å². The summed E-state index contributed by atoms with van der Waals surface area (Å²) < 4.78 is 5.23. The second-order valence-electron chi connectivity index (χ2n) is 7.03. The molecule has 0 spiro atoms. The molecule has 1 aliphatic heterocycles. The molecule has 0 aromatic heterocycles. The summed E-state index contributed by atoms with van der Waals surface area (Å²) in [4.78, 5) is 5.22. The van der Waals surface area contributed by atoms with Gasteiger partial charge in [-0.2, -0.15) is 0 Å².